The predicted molar refractivity (Wildman–Crippen MR) is 70.5 cm³/mol. The van der Waals surface area contributed by atoms with Gasteiger partial charge in [-0.2, -0.15) is 0 Å². The Labute approximate surface area is 108 Å². The quantitative estimate of drug-likeness (QED) is 0.790. The van der Waals surface area contributed by atoms with Crippen LogP contribution in [0.1, 0.15) is 25.3 Å². The first kappa shape index (κ1) is 14.2. The van der Waals surface area contributed by atoms with Crippen molar-refractivity contribution in [3.8, 4) is 0 Å². The summed E-state index contributed by atoms with van der Waals surface area (Å²) >= 11 is 0. The molecular weight excluding hydrogens is 228 g/mol. The molecule has 1 aromatic carbocycles. The van der Waals surface area contributed by atoms with Crippen molar-refractivity contribution in [1.29, 1.82) is 0 Å². The lowest BCUT2D eigenvalue weighted by Gasteiger charge is -2.21. The molecule has 2 amide bonds. The summed E-state index contributed by atoms with van der Waals surface area (Å²) in [6.07, 6.45) is 2.64. The maximum atomic E-state index is 12.0. The minimum absolute atomic E-state index is 0.0794. The fourth-order valence-corrected chi connectivity index (χ4v) is 1.63. The molecule has 0 bridgehead atoms. The van der Waals surface area contributed by atoms with E-state index in [0.29, 0.717) is 13.1 Å². The number of rotatable bonds is 7. The highest BCUT2D eigenvalue weighted by atomic mass is 16.2. The molecule has 1 rings (SSSR count). The molecule has 4 nitrogen and oxygen atoms in total. The fraction of sp³-hybridized carbons (Fsp3) is 0.357. The van der Waals surface area contributed by atoms with E-state index in [-0.39, 0.29) is 18.2 Å². The summed E-state index contributed by atoms with van der Waals surface area (Å²) in [5.41, 5.74) is 5.97. The van der Waals surface area contributed by atoms with E-state index >= 15 is 0 Å². The average Bonchev–Trinajstić information content (AvgIpc) is 2.35. The van der Waals surface area contributed by atoms with Crippen molar-refractivity contribution in [2.24, 2.45) is 5.73 Å². The number of benzene rings is 1. The Kier molecular flexibility index (Phi) is 5.91. The van der Waals surface area contributed by atoms with Crippen LogP contribution in [-0.2, 0) is 9.59 Å². The predicted octanol–water partition coefficient (Wildman–Crippen LogP) is 1.35. The van der Waals surface area contributed by atoms with Gasteiger partial charge < -0.3 is 10.6 Å². The summed E-state index contributed by atoms with van der Waals surface area (Å²) in [4.78, 5) is 24.4. The van der Waals surface area contributed by atoms with E-state index in [4.69, 9.17) is 5.73 Å². The summed E-state index contributed by atoms with van der Waals surface area (Å²) in [5, 5.41) is 0. The van der Waals surface area contributed by atoms with E-state index in [1.807, 2.05) is 37.3 Å². The van der Waals surface area contributed by atoms with Crippen LogP contribution in [0.15, 0.2) is 30.3 Å². The smallest absolute Gasteiger partial charge is 0.231 e. The minimum Gasteiger partial charge on any atom is -0.370 e. The third-order valence-electron chi connectivity index (χ3n) is 2.52. The molecule has 0 fully saturated rings. The lowest BCUT2D eigenvalue weighted by atomic mass is 10.1. The summed E-state index contributed by atoms with van der Waals surface area (Å²) in [6.45, 7) is 3.01. The van der Waals surface area contributed by atoms with Crippen LogP contribution in [-0.4, -0.2) is 29.8 Å². The second kappa shape index (κ2) is 7.48. The normalized spacial score (nSPS) is 10.1. The highest BCUT2D eigenvalue weighted by Gasteiger charge is 2.14. The van der Waals surface area contributed by atoms with Gasteiger partial charge >= 0.3 is 0 Å². The summed E-state index contributed by atoms with van der Waals surface area (Å²) in [5.74, 6) is -0.465. The van der Waals surface area contributed by atoms with Gasteiger partial charge in [-0.25, -0.2) is 0 Å². The second-order valence-electron chi connectivity index (χ2n) is 4.10. The van der Waals surface area contributed by atoms with Gasteiger partial charge in [-0.3, -0.25) is 9.59 Å². The van der Waals surface area contributed by atoms with Gasteiger partial charge in [-0.15, -0.1) is 0 Å². The van der Waals surface area contributed by atoms with Gasteiger partial charge in [0, 0.05) is 19.5 Å². The number of hydrogen-bond donors (Lipinski definition) is 1. The number of hydrogen-bond acceptors (Lipinski definition) is 2. The summed E-state index contributed by atoms with van der Waals surface area (Å²) in [7, 11) is 0. The Balaban J connectivity index is 2.56. The van der Waals surface area contributed by atoms with Gasteiger partial charge in [0.15, 0.2) is 0 Å². The van der Waals surface area contributed by atoms with E-state index in [9.17, 15) is 9.59 Å². The van der Waals surface area contributed by atoms with Gasteiger partial charge in [0.25, 0.3) is 0 Å². The van der Waals surface area contributed by atoms with Gasteiger partial charge in [0.1, 0.15) is 0 Å². The minimum atomic E-state index is -0.386. The molecule has 1 radical (unpaired) electrons. The summed E-state index contributed by atoms with van der Waals surface area (Å²) in [6, 6.07) is 9.41. The lowest BCUT2D eigenvalue weighted by molar-refractivity contribution is -0.128. The van der Waals surface area contributed by atoms with E-state index in [2.05, 4.69) is 0 Å². The molecule has 2 N–H and O–H groups in total. The molecule has 0 saturated carbocycles. The molecule has 1 aromatic rings. The van der Waals surface area contributed by atoms with Crippen molar-refractivity contribution in [1.82, 2.24) is 4.90 Å². The number of carbonyl (C=O) groups excluding carboxylic acids is 2. The monoisotopic (exact) mass is 247 g/mol. The van der Waals surface area contributed by atoms with E-state index < -0.39 is 0 Å². The Morgan fingerprint density at radius 3 is 2.44 bits per heavy atom. The number of carbonyl (C=O) groups is 2. The average molecular weight is 247 g/mol. The molecule has 4 heteroatoms. The third-order valence-corrected chi connectivity index (χ3v) is 2.52. The van der Waals surface area contributed by atoms with Gasteiger partial charge in [-0.1, -0.05) is 37.3 Å². The van der Waals surface area contributed by atoms with Crippen molar-refractivity contribution in [2.45, 2.75) is 19.8 Å². The maximum Gasteiger partial charge on any atom is 0.231 e. The fourth-order valence-electron chi connectivity index (χ4n) is 1.63. The van der Waals surface area contributed by atoms with Crippen LogP contribution in [0.5, 0.6) is 0 Å². The molecule has 0 atom stereocenters. The molecule has 0 heterocycles. The van der Waals surface area contributed by atoms with Crippen LogP contribution in [0.2, 0.25) is 0 Å². The highest BCUT2D eigenvalue weighted by molar-refractivity contribution is 5.88. The van der Waals surface area contributed by atoms with Crippen molar-refractivity contribution < 1.29 is 9.59 Å². The van der Waals surface area contributed by atoms with E-state index in [0.717, 1.165) is 12.0 Å². The van der Waals surface area contributed by atoms with E-state index in [1.54, 1.807) is 11.3 Å². The van der Waals surface area contributed by atoms with Crippen LogP contribution in [0.3, 0.4) is 0 Å². The maximum absolute atomic E-state index is 12.0. The first-order valence-electron chi connectivity index (χ1n) is 6.10. The molecule has 97 valence electrons. The molecule has 0 aliphatic rings. The van der Waals surface area contributed by atoms with Crippen LogP contribution in [0, 0.1) is 6.42 Å². The number of primary amides is 1. The van der Waals surface area contributed by atoms with Crippen LogP contribution in [0.4, 0.5) is 0 Å². The van der Waals surface area contributed by atoms with Gasteiger partial charge in [-0.05, 0) is 12.0 Å². The van der Waals surface area contributed by atoms with Crippen molar-refractivity contribution in [3.05, 3.63) is 42.3 Å². The van der Waals surface area contributed by atoms with Gasteiger partial charge in [0.2, 0.25) is 11.8 Å². The Morgan fingerprint density at radius 1 is 1.22 bits per heavy atom. The lowest BCUT2D eigenvalue weighted by Crippen LogP contribution is -2.35. The van der Waals surface area contributed by atoms with Gasteiger partial charge in [0.05, 0.1) is 6.42 Å². The van der Waals surface area contributed by atoms with Crippen LogP contribution < -0.4 is 5.73 Å². The summed E-state index contributed by atoms with van der Waals surface area (Å²) < 4.78 is 0. The zero-order chi connectivity index (χ0) is 13.4. The highest BCUT2D eigenvalue weighted by Crippen LogP contribution is 2.06. The molecule has 0 aliphatic carbocycles. The molecule has 0 spiro atoms. The Bertz CT molecular complexity index is 390. The molecule has 18 heavy (non-hydrogen) atoms. The SMILES string of the molecule is CCCN(CCC(N)=O)C(=O)[CH]c1ccccc1. The molecule has 0 saturated heterocycles. The first-order valence-corrected chi connectivity index (χ1v) is 6.10. The zero-order valence-corrected chi connectivity index (χ0v) is 10.6. The molecule has 0 unspecified atom stereocenters. The van der Waals surface area contributed by atoms with Crippen LogP contribution >= 0.6 is 0 Å². The molecule has 0 aromatic heterocycles. The van der Waals surface area contributed by atoms with Crippen molar-refractivity contribution >= 4 is 11.8 Å². The Hall–Kier alpha value is -1.84. The molecule has 0 aliphatic heterocycles. The Morgan fingerprint density at radius 2 is 1.89 bits per heavy atom. The topological polar surface area (TPSA) is 63.4 Å². The largest absolute Gasteiger partial charge is 0.370 e. The van der Waals surface area contributed by atoms with Crippen LogP contribution in [0.25, 0.3) is 0 Å². The number of nitrogens with zero attached hydrogens (tertiary/aromatic N) is 1. The van der Waals surface area contributed by atoms with Crippen molar-refractivity contribution in [2.75, 3.05) is 13.1 Å². The second-order valence-corrected chi connectivity index (χ2v) is 4.10. The molecular formula is C14H19N2O2. The van der Waals surface area contributed by atoms with Crippen molar-refractivity contribution in [3.63, 3.8) is 0 Å². The third kappa shape index (κ3) is 4.99. The zero-order valence-electron chi connectivity index (χ0n) is 10.6. The first-order chi connectivity index (χ1) is 8.63. The standard InChI is InChI=1S/C14H19N2O2/c1-2-9-16(10-8-13(15)17)14(18)11-12-6-4-3-5-7-12/h3-7,11H,2,8-10H2,1H3,(H2,15,17). The van der Waals surface area contributed by atoms with E-state index in [1.165, 1.54) is 0 Å². The number of amides is 2. The number of nitrogens with two attached hydrogens (primary N) is 1.